The van der Waals surface area contributed by atoms with Crippen molar-refractivity contribution in [1.82, 2.24) is 10.2 Å². The minimum absolute atomic E-state index is 0.234. The van der Waals surface area contributed by atoms with Crippen molar-refractivity contribution in [2.75, 3.05) is 20.3 Å². The molecule has 4 nitrogen and oxygen atoms in total. The maximum absolute atomic E-state index is 12.1. The molecule has 0 aliphatic carbocycles. The van der Waals surface area contributed by atoms with Gasteiger partial charge in [0.25, 0.3) is 0 Å². The number of hydrogen-bond acceptors (Lipinski definition) is 3. The van der Waals surface area contributed by atoms with E-state index in [9.17, 15) is 4.79 Å². The summed E-state index contributed by atoms with van der Waals surface area (Å²) in [6.07, 6.45) is 6.34. The molecule has 4 heteroatoms. The molecule has 2 rings (SSSR count). The number of amides is 1. The monoisotopic (exact) mass is 254 g/mol. The van der Waals surface area contributed by atoms with Crippen molar-refractivity contribution < 1.29 is 9.53 Å². The third-order valence-electron chi connectivity index (χ3n) is 4.20. The fourth-order valence-electron chi connectivity index (χ4n) is 3.13. The number of hydrogen-bond donors (Lipinski definition) is 1. The zero-order valence-corrected chi connectivity index (χ0v) is 11.7. The Kier molecular flexibility index (Phi) is 5.01. The molecule has 18 heavy (non-hydrogen) atoms. The molecule has 2 aliphatic rings. The standard InChI is InChI=1S/C14H26N2O2/c1-3-7-18-8-6-14(17)16(2)13-9-11-4-5-12(10-13)15-11/h11-13,15H,3-10H2,1-2H3. The van der Waals surface area contributed by atoms with Crippen LogP contribution in [0.1, 0.15) is 45.4 Å². The molecule has 1 N–H and O–H groups in total. The fraction of sp³-hybridized carbons (Fsp3) is 0.929. The van der Waals surface area contributed by atoms with Crippen molar-refractivity contribution >= 4 is 5.91 Å². The quantitative estimate of drug-likeness (QED) is 0.731. The van der Waals surface area contributed by atoms with Crippen molar-refractivity contribution in [2.45, 2.75) is 63.6 Å². The summed E-state index contributed by atoms with van der Waals surface area (Å²) in [6.45, 7) is 3.40. The molecule has 2 aliphatic heterocycles. The summed E-state index contributed by atoms with van der Waals surface area (Å²) in [7, 11) is 1.96. The van der Waals surface area contributed by atoms with E-state index in [4.69, 9.17) is 4.74 Å². The minimum atomic E-state index is 0.234. The van der Waals surface area contributed by atoms with Gasteiger partial charge < -0.3 is 15.0 Å². The summed E-state index contributed by atoms with van der Waals surface area (Å²) in [5.74, 6) is 0.234. The van der Waals surface area contributed by atoms with E-state index in [2.05, 4.69) is 12.2 Å². The first kappa shape index (κ1) is 13.8. The number of ether oxygens (including phenoxy) is 1. The molecule has 2 atom stereocenters. The van der Waals surface area contributed by atoms with E-state index in [1.54, 1.807) is 0 Å². The van der Waals surface area contributed by atoms with Crippen LogP contribution in [0.25, 0.3) is 0 Å². The van der Waals surface area contributed by atoms with Crippen molar-refractivity contribution in [1.29, 1.82) is 0 Å². The van der Waals surface area contributed by atoms with Crippen molar-refractivity contribution in [3.8, 4) is 0 Å². The lowest BCUT2D eigenvalue weighted by atomic mass is 9.98. The molecular formula is C14H26N2O2. The lowest BCUT2D eigenvalue weighted by molar-refractivity contribution is -0.133. The van der Waals surface area contributed by atoms with Gasteiger partial charge in [0.15, 0.2) is 0 Å². The lowest BCUT2D eigenvalue weighted by Crippen LogP contribution is -2.48. The van der Waals surface area contributed by atoms with Gasteiger partial charge >= 0.3 is 0 Å². The Labute approximate surface area is 110 Å². The molecule has 0 aromatic heterocycles. The summed E-state index contributed by atoms with van der Waals surface area (Å²) in [4.78, 5) is 14.0. The van der Waals surface area contributed by atoms with Gasteiger partial charge in [-0.2, -0.15) is 0 Å². The van der Waals surface area contributed by atoms with Gasteiger partial charge in [0.2, 0.25) is 5.91 Å². The third kappa shape index (κ3) is 3.45. The predicted molar refractivity (Wildman–Crippen MR) is 71.5 cm³/mol. The molecule has 2 saturated heterocycles. The fourth-order valence-corrected chi connectivity index (χ4v) is 3.13. The molecule has 0 aromatic carbocycles. The van der Waals surface area contributed by atoms with Gasteiger partial charge in [-0.1, -0.05) is 6.92 Å². The second kappa shape index (κ2) is 6.53. The highest BCUT2D eigenvalue weighted by Crippen LogP contribution is 2.29. The number of carbonyl (C=O) groups excluding carboxylic acids is 1. The second-order valence-corrected chi connectivity index (χ2v) is 5.63. The lowest BCUT2D eigenvalue weighted by Gasteiger charge is -2.35. The maximum Gasteiger partial charge on any atom is 0.224 e. The first-order valence-corrected chi connectivity index (χ1v) is 7.30. The van der Waals surface area contributed by atoms with Crippen LogP contribution in [-0.2, 0) is 9.53 Å². The number of rotatable bonds is 6. The molecular weight excluding hydrogens is 228 g/mol. The molecule has 0 radical (unpaired) electrons. The second-order valence-electron chi connectivity index (χ2n) is 5.63. The topological polar surface area (TPSA) is 41.6 Å². The van der Waals surface area contributed by atoms with Crippen LogP contribution < -0.4 is 5.32 Å². The van der Waals surface area contributed by atoms with E-state index in [0.717, 1.165) is 25.9 Å². The Morgan fingerprint density at radius 3 is 2.56 bits per heavy atom. The third-order valence-corrected chi connectivity index (χ3v) is 4.20. The highest BCUT2D eigenvalue weighted by atomic mass is 16.5. The highest BCUT2D eigenvalue weighted by Gasteiger charge is 2.36. The van der Waals surface area contributed by atoms with Gasteiger partial charge in [0, 0.05) is 31.8 Å². The van der Waals surface area contributed by atoms with Crippen LogP contribution >= 0.6 is 0 Å². The average molecular weight is 254 g/mol. The number of nitrogens with one attached hydrogen (secondary N) is 1. The van der Waals surface area contributed by atoms with Crippen LogP contribution in [0.2, 0.25) is 0 Å². The van der Waals surface area contributed by atoms with Crippen LogP contribution in [0.15, 0.2) is 0 Å². The Bertz CT molecular complexity index is 271. The van der Waals surface area contributed by atoms with Crippen LogP contribution in [0.5, 0.6) is 0 Å². The molecule has 2 fully saturated rings. The number of piperidine rings is 1. The van der Waals surface area contributed by atoms with Gasteiger partial charge in [-0.15, -0.1) is 0 Å². The molecule has 104 valence electrons. The van der Waals surface area contributed by atoms with Crippen LogP contribution in [-0.4, -0.2) is 49.2 Å². The average Bonchev–Trinajstić information content (AvgIpc) is 2.72. The Morgan fingerprint density at radius 1 is 1.28 bits per heavy atom. The van der Waals surface area contributed by atoms with Crippen LogP contribution in [0, 0.1) is 0 Å². The SMILES string of the molecule is CCCOCCC(=O)N(C)C1CC2CCC(C1)N2. The summed E-state index contributed by atoms with van der Waals surface area (Å²) >= 11 is 0. The van der Waals surface area contributed by atoms with E-state index >= 15 is 0 Å². The number of fused-ring (bicyclic) bond motifs is 2. The molecule has 2 bridgehead atoms. The van der Waals surface area contributed by atoms with E-state index in [0.29, 0.717) is 31.2 Å². The van der Waals surface area contributed by atoms with Crippen molar-refractivity contribution in [2.24, 2.45) is 0 Å². The van der Waals surface area contributed by atoms with Crippen molar-refractivity contribution in [3.63, 3.8) is 0 Å². The van der Waals surface area contributed by atoms with Crippen molar-refractivity contribution in [3.05, 3.63) is 0 Å². The molecule has 2 unspecified atom stereocenters. The highest BCUT2D eigenvalue weighted by molar-refractivity contribution is 5.76. The molecule has 1 amide bonds. The molecule has 0 saturated carbocycles. The first-order valence-electron chi connectivity index (χ1n) is 7.30. The summed E-state index contributed by atoms with van der Waals surface area (Å²) in [5, 5.41) is 3.61. The largest absolute Gasteiger partial charge is 0.381 e. The number of nitrogens with zero attached hydrogens (tertiary/aromatic N) is 1. The van der Waals surface area contributed by atoms with E-state index < -0.39 is 0 Å². The summed E-state index contributed by atoms with van der Waals surface area (Å²) in [6, 6.07) is 1.71. The van der Waals surface area contributed by atoms with Gasteiger partial charge in [-0.3, -0.25) is 4.79 Å². The van der Waals surface area contributed by atoms with Crippen LogP contribution in [0.4, 0.5) is 0 Å². The minimum Gasteiger partial charge on any atom is -0.381 e. The van der Waals surface area contributed by atoms with Gasteiger partial charge in [-0.25, -0.2) is 0 Å². The van der Waals surface area contributed by atoms with Gasteiger partial charge in [0.1, 0.15) is 0 Å². The Morgan fingerprint density at radius 2 is 1.94 bits per heavy atom. The van der Waals surface area contributed by atoms with Gasteiger partial charge in [0.05, 0.1) is 13.0 Å². The zero-order chi connectivity index (χ0) is 13.0. The Hall–Kier alpha value is -0.610. The zero-order valence-electron chi connectivity index (χ0n) is 11.7. The first-order chi connectivity index (χ1) is 8.70. The normalized spacial score (nSPS) is 30.4. The predicted octanol–water partition coefficient (Wildman–Crippen LogP) is 1.54. The maximum atomic E-state index is 12.1. The molecule has 2 heterocycles. The molecule has 0 aromatic rings. The van der Waals surface area contributed by atoms with E-state index in [1.807, 2.05) is 11.9 Å². The summed E-state index contributed by atoms with van der Waals surface area (Å²) in [5.41, 5.74) is 0. The smallest absolute Gasteiger partial charge is 0.224 e. The Balaban J connectivity index is 1.72. The number of carbonyl (C=O) groups is 1. The molecule has 0 spiro atoms. The van der Waals surface area contributed by atoms with E-state index in [1.165, 1.54) is 12.8 Å². The van der Waals surface area contributed by atoms with E-state index in [-0.39, 0.29) is 5.91 Å². The van der Waals surface area contributed by atoms with Crippen LogP contribution in [0.3, 0.4) is 0 Å². The van der Waals surface area contributed by atoms with Gasteiger partial charge in [-0.05, 0) is 32.1 Å². The summed E-state index contributed by atoms with van der Waals surface area (Å²) < 4.78 is 5.39.